The number of aryl methyl sites for hydroxylation is 1. The zero-order valence-corrected chi connectivity index (χ0v) is 12.5. The van der Waals surface area contributed by atoms with E-state index in [9.17, 15) is 0 Å². The van der Waals surface area contributed by atoms with Crippen molar-refractivity contribution in [2.45, 2.75) is 13.3 Å². The first-order valence-corrected chi connectivity index (χ1v) is 7.48. The van der Waals surface area contributed by atoms with Gasteiger partial charge < -0.3 is 10.3 Å². The van der Waals surface area contributed by atoms with E-state index in [0.29, 0.717) is 10.8 Å². The molecule has 0 bridgehead atoms. The number of rotatable bonds is 3. The van der Waals surface area contributed by atoms with E-state index < -0.39 is 0 Å². The molecule has 0 spiro atoms. The first kappa shape index (κ1) is 13.2. The average molecular weight is 305 g/mol. The second kappa shape index (κ2) is 5.31. The third-order valence-corrected chi connectivity index (χ3v) is 4.57. The van der Waals surface area contributed by atoms with Crippen molar-refractivity contribution in [3.05, 3.63) is 46.3 Å². The zero-order valence-electron chi connectivity index (χ0n) is 10.9. The van der Waals surface area contributed by atoms with Crippen LogP contribution in [0.4, 0.5) is 5.82 Å². The van der Waals surface area contributed by atoms with Crippen LogP contribution in [0.25, 0.3) is 21.8 Å². The molecule has 2 heterocycles. The Kier molecular flexibility index (Phi) is 3.51. The molecule has 5 heteroatoms. The fourth-order valence-electron chi connectivity index (χ4n) is 2.06. The van der Waals surface area contributed by atoms with Gasteiger partial charge in [-0.1, -0.05) is 35.8 Å². The maximum atomic E-state index is 5.95. The Balaban J connectivity index is 2.11. The van der Waals surface area contributed by atoms with Gasteiger partial charge in [0.1, 0.15) is 0 Å². The molecule has 0 saturated heterocycles. The monoisotopic (exact) mass is 304 g/mol. The average Bonchev–Trinajstić information content (AvgIpc) is 3.06. The van der Waals surface area contributed by atoms with Crippen molar-refractivity contribution in [2.75, 3.05) is 5.73 Å². The maximum absolute atomic E-state index is 5.95. The van der Waals surface area contributed by atoms with Gasteiger partial charge in [-0.3, -0.25) is 0 Å². The van der Waals surface area contributed by atoms with E-state index in [1.807, 2.05) is 30.3 Å². The van der Waals surface area contributed by atoms with Gasteiger partial charge in [0.2, 0.25) is 0 Å². The van der Waals surface area contributed by atoms with Gasteiger partial charge in [-0.25, -0.2) is 0 Å². The lowest BCUT2D eigenvalue weighted by atomic mass is 10.1. The molecule has 0 atom stereocenters. The molecule has 2 aromatic heterocycles. The standard InChI is InChI=1S/C15H13ClN2OS/c1-2-11-7-8-12(20-11)14-13(15(17)18-19-14)9-3-5-10(16)6-4-9/h3-8H,2H2,1H3,(H2,17,18). The largest absolute Gasteiger partial charge is 0.380 e. The second-order valence-electron chi connectivity index (χ2n) is 4.40. The summed E-state index contributed by atoms with van der Waals surface area (Å²) in [5, 5.41) is 4.59. The lowest BCUT2D eigenvalue weighted by molar-refractivity contribution is 0.437. The molecule has 0 fully saturated rings. The number of hydrogen-bond donors (Lipinski definition) is 1. The minimum Gasteiger partial charge on any atom is -0.380 e. The van der Waals surface area contributed by atoms with Crippen molar-refractivity contribution in [3.8, 4) is 21.8 Å². The molecule has 0 unspecified atom stereocenters. The minimum atomic E-state index is 0.397. The molecule has 0 amide bonds. The first-order valence-electron chi connectivity index (χ1n) is 6.29. The third-order valence-electron chi connectivity index (χ3n) is 3.09. The number of nitrogen functional groups attached to an aromatic ring is 1. The zero-order chi connectivity index (χ0) is 14.1. The van der Waals surface area contributed by atoms with Crippen molar-refractivity contribution in [3.63, 3.8) is 0 Å². The van der Waals surface area contributed by atoms with Crippen molar-refractivity contribution < 1.29 is 4.52 Å². The fourth-order valence-corrected chi connectivity index (χ4v) is 3.11. The van der Waals surface area contributed by atoms with E-state index in [1.165, 1.54) is 4.88 Å². The molecule has 102 valence electrons. The van der Waals surface area contributed by atoms with Gasteiger partial charge in [0.15, 0.2) is 11.6 Å². The normalized spacial score (nSPS) is 10.9. The number of thiophene rings is 1. The Labute approximate surface area is 126 Å². The Hall–Kier alpha value is -1.78. The summed E-state index contributed by atoms with van der Waals surface area (Å²) in [6.45, 7) is 2.13. The summed E-state index contributed by atoms with van der Waals surface area (Å²) in [5.41, 5.74) is 7.73. The van der Waals surface area contributed by atoms with Gasteiger partial charge in [-0.2, -0.15) is 0 Å². The lowest BCUT2D eigenvalue weighted by Gasteiger charge is -2.01. The minimum absolute atomic E-state index is 0.397. The number of benzene rings is 1. The molecule has 0 saturated carbocycles. The molecule has 0 aliphatic heterocycles. The fraction of sp³-hybridized carbons (Fsp3) is 0.133. The lowest BCUT2D eigenvalue weighted by Crippen LogP contribution is -1.88. The molecule has 20 heavy (non-hydrogen) atoms. The highest BCUT2D eigenvalue weighted by Gasteiger charge is 2.18. The third kappa shape index (κ3) is 2.32. The van der Waals surface area contributed by atoms with Crippen LogP contribution in [0.1, 0.15) is 11.8 Å². The van der Waals surface area contributed by atoms with Crippen molar-refractivity contribution in [2.24, 2.45) is 0 Å². The van der Waals surface area contributed by atoms with Crippen LogP contribution in [0.3, 0.4) is 0 Å². The highest BCUT2D eigenvalue weighted by Crippen LogP contribution is 2.39. The van der Waals surface area contributed by atoms with E-state index >= 15 is 0 Å². The van der Waals surface area contributed by atoms with E-state index in [4.69, 9.17) is 21.9 Å². The van der Waals surface area contributed by atoms with Gasteiger partial charge >= 0.3 is 0 Å². The molecule has 1 aromatic carbocycles. The molecular weight excluding hydrogens is 292 g/mol. The molecule has 0 aliphatic rings. The summed E-state index contributed by atoms with van der Waals surface area (Å²) in [5.74, 6) is 1.11. The van der Waals surface area contributed by atoms with Crippen molar-refractivity contribution in [1.29, 1.82) is 0 Å². The summed E-state index contributed by atoms with van der Waals surface area (Å²) in [6, 6.07) is 11.7. The van der Waals surface area contributed by atoms with Crippen LogP contribution in [-0.2, 0) is 6.42 Å². The summed E-state index contributed by atoms with van der Waals surface area (Å²) >= 11 is 7.62. The Morgan fingerprint density at radius 3 is 2.60 bits per heavy atom. The van der Waals surface area contributed by atoms with Crippen LogP contribution >= 0.6 is 22.9 Å². The number of halogens is 1. The van der Waals surface area contributed by atoms with Crippen LogP contribution in [0.2, 0.25) is 5.02 Å². The Morgan fingerprint density at radius 2 is 1.95 bits per heavy atom. The van der Waals surface area contributed by atoms with Crippen LogP contribution in [0.15, 0.2) is 40.9 Å². The van der Waals surface area contributed by atoms with Crippen molar-refractivity contribution in [1.82, 2.24) is 5.16 Å². The van der Waals surface area contributed by atoms with Gasteiger partial charge in [0, 0.05) is 9.90 Å². The smallest absolute Gasteiger partial charge is 0.186 e. The summed E-state index contributed by atoms with van der Waals surface area (Å²) in [6.07, 6.45) is 1.00. The molecule has 0 aliphatic carbocycles. The summed E-state index contributed by atoms with van der Waals surface area (Å²) in [4.78, 5) is 2.34. The van der Waals surface area contributed by atoms with E-state index in [0.717, 1.165) is 28.2 Å². The van der Waals surface area contributed by atoms with E-state index in [-0.39, 0.29) is 0 Å². The topological polar surface area (TPSA) is 52.0 Å². The molecule has 0 radical (unpaired) electrons. The summed E-state index contributed by atoms with van der Waals surface area (Å²) in [7, 11) is 0. The van der Waals surface area contributed by atoms with E-state index in [2.05, 4.69) is 18.1 Å². The Morgan fingerprint density at radius 1 is 1.20 bits per heavy atom. The molecular formula is C15H13ClN2OS. The van der Waals surface area contributed by atoms with Crippen LogP contribution in [0, 0.1) is 0 Å². The highest BCUT2D eigenvalue weighted by atomic mass is 35.5. The van der Waals surface area contributed by atoms with E-state index in [1.54, 1.807) is 11.3 Å². The van der Waals surface area contributed by atoms with Gasteiger partial charge in [0.05, 0.1) is 10.4 Å². The summed E-state index contributed by atoms with van der Waals surface area (Å²) < 4.78 is 5.43. The number of anilines is 1. The predicted octanol–water partition coefficient (Wildman–Crippen LogP) is 4.87. The van der Waals surface area contributed by atoms with Gasteiger partial charge in [-0.15, -0.1) is 11.3 Å². The second-order valence-corrected chi connectivity index (χ2v) is 6.00. The molecule has 2 N–H and O–H groups in total. The molecule has 3 nitrogen and oxygen atoms in total. The number of nitrogens with zero attached hydrogens (tertiary/aromatic N) is 1. The quantitative estimate of drug-likeness (QED) is 0.751. The van der Waals surface area contributed by atoms with Crippen LogP contribution in [0.5, 0.6) is 0 Å². The maximum Gasteiger partial charge on any atom is 0.186 e. The SMILES string of the molecule is CCc1ccc(-c2onc(N)c2-c2ccc(Cl)cc2)s1. The molecule has 3 rings (SSSR count). The van der Waals surface area contributed by atoms with Gasteiger partial charge in [0.25, 0.3) is 0 Å². The van der Waals surface area contributed by atoms with Crippen LogP contribution < -0.4 is 5.73 Å². The van der Waals surface area contributed by atoms with Crippen LogP contribution in [-0.4, -0.2) is 5.16 Å². The predicted molar refractivity (Wildman–Crippen MR) is 84.1 cm³/mol. The van der Waals surface area contributed by atoms with Gasteiger partial charge in [-0.05, 0) is 36.2 Å². The number of aromatic nitrogens is 1. The van der Waals surface area contributed by atoms with Crippen molar-refractivity contribution >= 4 is 28.8 Å². The first-order chi connectivity index (χ1) is 9.69. The number of hydrogen-bond acceptors (Lipinski definition) is 4. The highest BCUT2D eigenvalue weighted by molar-refractivity contribution is 7.15. The Bertz CT molecular complexity index is 731. The number of nitrogens with two attached hydrogens (primary N) is 1. The molecule has 3 aromatic rings.